The monoisotopic (exact) mass is 147 g/mol. The van der Waals surface area contributed by atoms with E-state index in [1.54, 1.807) is 0 Å². The molecule has 0 heterocycles. The van der Waals surface area contributed by atoms with Crippen LogP contribution >= 0.6 is 0 Å². The van der Waals surface area contributed by atoms with Crippen molar-refractivity contribution in [2.24, 2.45) is 5.73 Å². The van der Waals surface area contributed by atoms with E-state index in [0.29, 0.717) is 0 Å². The van der Waals surface area contributed by atoms with E-state index in [4.69, 9.17) is 15.9 Å². The highest BCUT2D eigenvalue weighted by Crippen LogP contribution is 1.85. The number of carbonyl (C=O) groups is 1. The van der Waals surface area contributed by atoms with Crippen LogP contribution in [0, 0.1) is 0 Å². The molecular weight excluding hydrogens is 138 g/mol. The molecule has 0 radical (unpaired) electrons. The van der Waals surface area contributed by atoms with Crippen molar-refractivity contribution in [1.29, 1.82) is 0 Å². The van der Waals surface area contributed by atoms with Crippen LogP contribution in [0.15, 0.2) is 12.0 Å². The highest BCUT2D eigenvalue weighted by atomic mass is 16.5. The minimum atomic E-state index is -1.10. The molecule has 4 N–H and O–H groups in total. The number of aliphatic hydroxyl groups excluding tert-OH is 1. The second-order valence-electron chi connectivity index (χ2n) is 1.47. The molecule has 0 bridgehead atoms. The first-order valence-electron chi connectivity index (χ1n) is 2.58. The summed E-state index contributed by atoms with van der Waals surface area (Å²) in [5.41, 5.74) is 5.05. The van der Waals surface area contributed by atoms with Gasteiger partial charge in [0.15, 0.2) is 12.5 Å². The Morgan fingerprint density at radius 3 is 2.70 bits per heavy atom. The fraction of sp³-hybridized carbons (Fsp3) is 0.400. The standard InChI is InChI=1S/C5H9NO4/c6-4(1-2-7)10-3-5(8)9/h1,7H,2-3,6H2,(H,8,9)/b4-1+. The van der Waals surface area contributed by atoms with Gasteiger partial charge in [-0.05, 0) is 0 Å². The second kappa shape index (κ2) is 4.63. The average molecular weight is 147 g/mol. The second-order valence-corrected chi connectivity index (χ2v) is 1.47. The summed E-state index contributed by atoms with van der Waals surface area (Å²) in [6.07, 6.45) is 1.17. The van der Waals surface area contributed by atoms with Crippen LogP contribution < -0.4 is 5.73 Å². The summed E-state index contributed by atoms with van der Waals surface area (Å²) < 4.78 is 4.42. The van der Waals surface area contributed by atoms with Crippen molar-refractivity contribution in [1.82, 2.24) is 0 Å². The predicted octanol–water partition coefficient (Wildman–Crippen LogP) is -1.12. The Balaban J connectivity index is 3.48. The molecule has 0 aromatic carbocycles. The van der Waals surface area contributed by atoms with E-state index in [1.165, 1.54) is 6.08 Å². The summed E-state index contributed by atoms with van der Waals surface area (Å²) in [5, 5.41) is 16.3. The van der Waals surface area contributed by atoms with Crippen LogP contribution in [0.3, 0.4) is 0 Å². The van der Waals surface area contributed by atoms with Gasteiger partial charge in [-0.3, -0.25) is 0 Å². The molecule has 0 spiro atoms. The van der Waals surface area contributed by atoms with Crippen molar-refractivity contribution in [3.8, 4) is 0 Å². The number of nitrogens with two attached hydrogens (primary N) is 1. The van der Waals surface area contributed by atoms with Gasteiger partial charge in [-0.25, -0.2) is 4.79 Å². The summed E-state index contributed by atoms with van der Waals surface area (Å²) in [5.74, 6) is -1.18. The maximum absolute atomic E-state index is 9.84. The Morgan fingerprint density at radius 1 is 1.70 bits per heavy atom. The Bertz CT molecular complexity index is 143. The zero-order valence-corrected chi connectivity index (χ0v) is 5.28. The highest BCUT2D eigenvalue weighted by Gasteiger charge is 1.96. The van der Waals surface area contributed by atoms with Gasteiger partial charge in [-0.1, -0.05) is 0 Å². The van der Waals surface area contributed by atoms with Crippen LogP contribution in [-0.4, -0.2) is 29.4 Å². The fourth-order valence-electron chi connectivity index (χ4n) is 0.294. The Kier molecular flexibility index (Phi) is 4.06. The third-order valence-corrected chi connectivity index (χ3v) is 0.655. The van der Waals surface area contributed by atoms with Gasteiger partial charge < -0.3 is 20.7 Å². The number of carboxylic acid groups (broad SMARTS) is 1. The van der Waals surface area contributed by atoms with Gasteiger partial charge in [-0.2, -0.15) is 0 Å². The quantitative estimate of drug-likeness (QED) is 0.438. The number of carboxylic acids is 1. The molecule has 0 rings (SSSR count). The summed E-state index contributed by atoms with van der Waals surface area (Å²) in [7, 11) is 0. The molecule has 0 atom stereocenters. The maximum Gasteiger partial charge on any atom is 0.341 e. The van der Waals surface area contributed by atoms with E-state index in [9.17, 15) is 4.79 Å². The summed E-state index contributed by atoms with van der Waals surface area (Å²) in [6, 6.07) is 0. The first kappa shape index (κ1) is 8.77. The minimum Gasteiger partial charge on any atom is -0.479 e. The van der Waals surface area contributed by atoms with E-state index >= 15 is 0 Å². The molecule has 0 unspecified atom stereocenters. The van der Waals surface area contributed by atoms with Crippen molar-refractivity contribution in [3.05, 3.63) is 12.0 Å². The van der Waals surface area contributed by atoms with Crippen molar-refractivity contribution < 1.29 is 19.7 Å². The normalized spacial score (nSPS) is 11.1. The molecular formula is C5H9NO4. The molecule has 0 saturated carbocycles. The van der Waals surface area contributed by atoms with Gasteiger partial charge in [0.05, 0.1) is 6.61 Å². The van der Waals surface area contributed by atoms with Gasteiger partial charge in [0.25, 0.3) is 0 Å². The maximum atomic E-state index is 9.84. The lowest BCUT2D eigenvalue weighted by atomic mass is 10.6. The predicted molar refractivity (Wildman–Crippen MR) is 32.9 cm³/mol. The first-order chi connectivity index (χ1) is 4.66. The fourth-order valence-corrected chi connectivity index (χ4v) is 0.294. The number of hydrogen-bond acceptors (Lipinski definition) is 4. The average Bonchev–Trinajstić information content (AvgIpc) is 1.85. The van der Waals surface area contributed by atoms with E-state index in [0.717, 1.165) is 0 Å². The van der Waals surface area contributed by atoms with Crippen LogP contribution in [0.5, 0.6) is 0 Å². The van der Waals surface area contributed by atoms with E-state index in [2.05, 4.69) is 4.74 Å². The van der Waals surface area contributed by atoms with Crippen molar-refractivity contribution in [2.45, 2.75) is 0 Å². The number of ether oxygens (including phenoxy) is 1. The molecule has 5 nitrogen and oxygen atoms in total. The van der Waals surface area contributed by atoms with Gasteiger partial charge in [0.2, 0.25) is 0 Å². The van der Waals surface area contributed by atoms with Gasteiger partial charge in [0, 0.05) is 6.08 Å². The molecule has 10 heavy (non-hydrogen) atoms. The molecule has 0 aromatic heterocycles. The zero-order valence-electron chi connectivity index (χ0n) is 5.28. The first-order valence-corrected chi connectivity index (χ1v) is 2.58. The lowest BCUT2D eigenvalue weighted by Gasteiger charge is -2.00. The smallest absolute Gasteiger partial charge is 0.341 e. The van der Waals surface area contributed by atoms with Gasteiger partial charge in [0.1, 0.15) is 0 Å². The molecule has 0 aromatic rings. The topological polar surface area (TPSA) is 92.8 Å². The van der Waals surface area contributed by atoms with Crippen molar-refractivity contribution in [2.75, 3.05) is 13.2 Å². The molecule has 0 saturated heterocycles. The molecule has 0 fully saturated rings. The Hall–Kier alpha value is -1.23. The molecule has 0 aliphatic heterocycles. The molecule has 58 valence electrons. The number of hydrogen-bond donors (Lipinski definition) is 3. The zero-order chi connectivity index (χ0) is 7.98. The van der Waals surface area contributed by atoms with Crippen LogP contribution in [0.1, 0.15) is 0 Å². The number of rotatable bonds is 4. The summed E-state index contributed by atoms with van der Waals surface area (Å²) in [6.45, 7) is -0.742. The lowest BCUT2D eigenvalue weighted by Crippen LogP contribution is -2.11. The van der Waals surface area contributed by atoms with Gasteiger partial charge >= 0.3 is 5.97 Å². The molecule has 0 aliphatic rings. The van der Waals surface area contributed by atoms with Crippen molar-refractivity contribution >= 4 is 5.97 Å². The van der Waals surface area contributed by atoms with E-state index < -0.39 is 12.6 Å². The van der Waals surface area contributed by atoms with Crippen molar-refractivity contribution in [3.63, 3.8) is 0 Å². The van der Waals surface area contributed by atoms with Crippen LogP contribution in [0.4, 0.5) is 0 Å². The molecule has 0 amide bonds. The third-order valence-electron chi connectivity index (χ3n) is 0.655. The number of aliphatic carboxylic acids is 1. The summed E-state index contributed by atoms with van der Waals surface area (Å²) in [4.78, 5) is 9.84. The molecule has 0 aliphatic carbocycles. The minimum absolute atomic E-state index is 0.0788. The largest absolute Gasteiger partial charge is 0.479 e. The lowest BCUT2D eigenvalue weighted by molar-refractivity contribution is -0.140. The molecule has 5 heteroatoms. The Morgan fingerprint density at radius 2 is 2.30 bits per heavy atom. The Labute approximate surface area is 57.7 Å². The van der Waals surface area contributed by atoms with Crippen LogP contribution in [-0.2, 0) is 9.53 Å². The third kappa shape index (κ3) is 4.92. The van der Waals surface area contributed by atoms with Gasteiger partial charge in [-0.15, -0.1) is 0 Å². The highest BCUT2D eigenvalue weighted by molar-refractivity contribution is 5.68. The van der Waals surface area contributed by atoms with E-state index in [-0.39, 0.29) is 12.5 Å². The number of aliphatic hydroxyl groups is 1. The van der Waals surface area contributed by atoms with Crippen LogP contribution in [0.2, 0.25) is 0 Å². The van der Waals surface area contributed by atoms with E-state index in [1.807, 2.05) is 0 Å². The SMILES string of the molecule is N/C(=C\CO)OCC(=O)O. The summed E-state index contributed by atoms with van der Waals surface area (Å²) >= 11 is 0. The van der Waals surface area contributed by atoms with Crippen LogP contribution in [0.25, 0.3) is 0 Å².